The molecule has 2 aromatic rings. The molecule has 3 heterocycles. The van der Waals surface area contributed by atoms with Crippen molar-refractivity contribution in [3.8, 4) is 0 Å². The smallest absolute Gasteiger partial charge is 0.257 e. The van der Waals surface area contributed by atoms with E-state index in [1.54, 1.807) is 11.3 Å². The molecule has 94 valence electrons. The summed E-state index contributed by atoms with van der Waals surface area (Å²) in [6.07, 6.45) is 0.787. The number of aromatic amines is 1. The van der Waals surface area contributed by atoms with Crippen molar-refractivity contribution < 1.29 is 0 Å². The number of aromatic nitrogens is 2. The van der Waals surface area contributed by atoms with Gasteiger partial charge >= 0.3 is 0 Å². The van der Waals surface area contributed by atoms with Crippen LogP contribution in [-0.4, -0.2) is 21.4 Å². The van der Waals surface area contributed by atoms with Crippen molar-refractivity contribution in [1.82, 2.24) is 14.9 Å². The number of rotatable bonds is 2. The number of nitrogens with zero attached hydrogens (tertiary/aromatic N) is 2. The molecule has 0 unspecified atom stereocenters. The van der Waals surface area contributed by atoms with Gasteiger partial charge in [0, 0.05) is 30.9 Å². The highest BCUT2D eigenvalue weighted by Crippen LogP contribution is 2.18. The second kappa shape index (κ2) is 4.55. The molecule has 0 fully saturated rings. The van der Waals surface area contributed by atoms with Crippen molar-refractivity contribution in [3.05, 3.63) is 44.0 Å². The summed E-state index contributed by atoms with van der Waals surface area (Å²) >= 11 is 1.74. The molecule has 0 aliphatic carbocycles. The van der Waals surface area contributed by atoms with E-state index in [2.05, 4.69) is 26.3 Å². The number of hydrogen-bond acceptors (Lipinski definition) is 5. The van der Waals surface area contributed by atoms with Crippen molar-refractivity contribution in [2.75, 3.05) is 12.3 Å². The third kappa shape index (κ3) is 2.16. The number of hydrogen-bond donors (Lipinski definition) is 2. The van der Waals surface area contributed by atoms with Crippen LogP contribution in [0.2, 0.25) is 0 Å². The Hall–Kier alpha value is -1.66. The van der Waals surface area contributed by atoms with Gasteiger partial charge < -0.3 is 5.73 Å². The zero-order valence-corrected chi connectivity index (χ0v) is 10.7. The predicted molar refractivity (Wildman–Crippen MR) is 71.4 cm³/mol. The maximum Gasteiger partial charge on any atom is 0.257 e. The zero-order valence-electron chi connectivity index (χ0n) is 9.85. The molecule has 0 radical (unpaired) electrons. The van der Waals surface area contributed by atoms with Gasteiger partial charge in [0.1, 0.15) is 0 Å². The normalized spacial score (nSPS) is 15.6. The summed E-state index contributed by atoms with van der Waals surface area (Å²) in [6, 6.07) is 4.17. The lowest BCUT2D eigenvalue weighted by Crippen LogP contribution is -2.35. The van der Waals surface area contributed by atoms with Crippen LogP contribution in [-0.2, 0) is 19.5 Å². The van der Waals surface area contributed by atoms with Crippen LogP contribution in [0.15, 0.2) is 22.3 Å². The Morgan fingerprint density at radius 1 is 1.56 bits per heavy atom. The van der Waals surface area contributed by atoms with Crippen LogP contribution >= 0.6 is 11.3 Å². The van der Waals surface area contributed by atoms with Crippen molar-refractivity contribution >= 4 is 17.3 Å². The number of H-pyrrole nitrogens is 1. The first-order chi connectivity index (χ1) is 8.72. The van der Waals surface area contributed by atoms with Crippen LogP contribution in [0.4, 0.5) is 5.95 Å². The van der Waals surface area contributed by atoms with Gasteiger partial charge in [-0.05, 0) is 11.4 Å². The summed E-state index contributed by atoms with van der Waals surface area (Å²) in [5, 5.41) is 2.07. The number of fused-ring (bicyclic) bond motifs is 1. The monoisotopic (exact) mass is 262 g/mol. The highest BCUT2D eigenvalue weighted by molar-refractivity contribution is 7.09. The Bertz CT molecular complexity index is 605. The summed E-state index contributed by atoms with van der Waals surface area (Å²) in [4.78, 5) is 22.2. The topological polar surface area (TPSA) is 75.0 Å². The second-order valence-electron chi connectivity index (χ2n) is 4.42. The lowest BCUT2D eigenvalue weighted by Gasteiger charge is -2.26. The van der Waals surface area contributed by atoms with E-state index in [-0.39, 0.29) is 11.5 Å². The first kappa shape index (κ1) is 11.4. The predicted octanol–water partition coefficient (Wildman–Crippen LogP) is 0.972. The maximum atomic E-state index is 11.8. The van der Waals surface area contributed by atoms with Gasteiger partial charge in [-0.1, -0.05) is 6.07 Å². The molecule has 6 heteroatoms. The second-order valence-corrected chi connectivity index (χ2v) is 5.45. The van der Waals surface area contributed by atoms with E-state index in [0.29, 0.717) is 6.54 Å². The molecular formula is C12H14N4OS. The van der Waals surface area contributed by atoms with E-state index in [9.17, 15) is 4.79 Å². The minimum atomic E-state index is -0.103. The molecule has 3 rings (SSSR count). The molecule has 0 aromatic carbocycles. The Kier molecular flexibility index (Phi) is 2.89. The molecule has 2 aromatic heterocycles. The maximum absolute atomic E-state index is 11.8. The number of nitrogens with one attached hydrogen (secondary N) is 1. The SMILES string of the molecule is Nc1nc2c(c(=O)[nH]1)CN(Cc1cccs1)CC2. The number of nitrogen functional groups attached to an aromatic ring is 1. The molecule has 0 spiro atoms. The highest BCUT2D eigenvalue weighted by atomic mass is 32.1. The fourth-order valence-electron chi connectivity index (χ4n) is 2.26. The standard InChI is InChI=1S/C12H14N4OS/c13-12-14-10-3-4-16(6-8-2-1-5-18-8)7-9(10)11(17)15-12/h1-2,5H,3-4,6-7H2,(H3,13,14,15,17). The van der Waals surface area contributed by atoms with Gasteiger partial charge in [0.15, 0.2) is 0 Å². The first-order valence-corrected chi connectivity index (χ1v) is 6.72. The molecule has 0 saturated carbocycles. The van der Waals surface area contributed by atoms with Crippen LogP contribution in [0.1, 0.15) is 16.1 Å². The van der Waals surface area contributed by atoms with Gasteiger partial charge in [-0.3, -0.25) is 14.7 Å². The van der Waals surface area contributed by atoms with E-state index < -0.39 is 0 Å². The Morgan fingerprint density at radius 2 is 2.44 bits per heavy atom. The molecule has 0 atom stereocenters. The molecule has 1 aliphatic rings. The van der Waals surface area contributed by atoms with Crippen LogP contribution in [0.5, 0.6) is 0 Å². The van der Waals surface area contributed by atoms with E-state index in [0.717, 1.165) is 30.8 Å². The van der Waals surface area contributed by atoms with Crippen molar-refractivity contribution in [2.45, 2.75) is 19.5 Å². The van der Waals surface area contributed by atoms with Crippen molar-refractivity contribution in [3.63, 3.8) is 0 Å². The van der Waals surface area contributed by atoms with Gasteiger partial charge in [0.25, 0.3) is 5.56 Å². The van der Waals surface area contributed by atoms with Gasteiger partial charge in [-0.2, -0.15) is 0 Å². The van der Waals surface area contributed by atoms with Crippen molar-refractivity contribution in [1.29, 1.82) is 0 Å². The largest absolute Gasteiger partial charge is 0.369 e. The molecule has 3 N–H and O–H groups in total. The molecule has 5 nitrogen and oxygen atoms in total. The fraction of sp³-hybridized carbons (Fsp3) is 0.333. The number of anilines is 1. The summed E-state index contributed by atoms with van der Waals surface area (Å²) in [5.74, 6) is 0.213. The van der Waals surface area contributed by atoms with E-state index in [1.165, 1.54) is 4.88 Å². The molecular weight excluding hydrogens is 248 g/mol. The van der Waals surface area contributed by atoms with Crippen LogP contribution in [0.3, 0.4) is 0 Å². The summed E-state index contributed by atoms with van der Waals surface area (Å²) in [5.41, 5.74) is 7.05. The van der Waals surface area contributed by atoms with E-state index in [1.807, 2.05) is 6.07 Å². The average molecular weight is 262 g/mol. The van der Waals surface area contributed by atoms with Gasteiger partial charge in [0.05, 0.1) is 11.3 Å². The minimum Gasteiger partial charge on any atom is -0.369 e. The van der Waals surface area contributed by atoms with Gasteiger partial charge in [-0.15, -0.1) is 11.3 Å². The van der Waals surface area contributed by atoms with Gasteiger partial charge in [-0.25, -0.2) is 4.98 Å². The molecule has 0 saturated heterocycles. The summed E-state index contributed by atoms with van der Waals surface area (Å²) in [6.45, 7) is 2.46. The number of nitrogens with two attached hydrogens (primary N) is 1. The van der Waals surface area contributed by atoms with E-state index >= 15 is 0 Å². The summed E-state index contributed by atoms with van der Waals surface area (Å²) < 4.78 is 0. The van der Waals surface area contributed by atoms with Gasteiger partial charge in [0.2, 0.25) is 5.95 Å². The zero-order chi connectivity index (χ0) is 12.5. The van der Waals surface area contributed by atoms with Crippen LogP contribution in [0, 0.1) is 0 Å². The Labute approximate surface area is 108 Å². The third-order valence-electron chi connectivity index (χ3n) is 3.13. The third-order valence-corrected chi connectivity index (χ3v) is 3.99. The fourth-order valence-corrected chi connectivity index (χ4v) is 3.00. The van der Waals surface area contributed by atoms with Crippen LogP contribution in [0.25, 0.3) is 0 Å². The molecule has 0 amide bonds. The molecule has 1 aliphatic heterocycles. The van der Waals surface area contributed by atoms with Crippen molar-refractivity contribution in [2.24, 2.45) is 0 Å². The van der Waals surface area contributed by atoms with E-state index in [4.69, 9.17) is 5.73 Å². The Morgan fingerprint density at radius 3 is 3.22 bits per heavy atom. The lowest BCUT2D eigenvalue weighted by molar-refractivity contribution is 0.244. The summed E-state index contributed by atoms with van der Waals surface area (Å²) in [7, 11) is 0. The quantitative estimate of drug-likeness (QED) is 0.845. The highest BCUT2D eigenvalue weighted by Gasteiger charge is 2.20. The minimum absolute atomic E-state index is 0.103. The lowest BCUT2D eigenvalue weighted by atomic mass is 10.1. The molecule has 18 heavy (non-hydrogen) atoms. The first-order valence-electron chi connectivity index (χ1n) is 5.84. The molecule has 0 bridgehead atoms. The number of thiophene rings is 1. The van der Waals surface area contributed by atoms with Crippen LogP contribution < -0.4 is 11.3 Å². The average Bonchev–Trinajstić information content (AvgIpc) is 2.83. The Balaban J connectivity index is 1.83.